The summed E-state index contributed by atoms with van der Waals surface area (Å²) in [5.74, 6) is -1.56. The van der Waals surface area contributed by atoms with Gasteiger partial charge in [-0.15, -0.1) is 0 Å². The number of amides is 1. The molecule has 0 aliphatic carbocycles. The Hall–Kier alpha value is -1.24. The summed E-state index contributed by atoms with van der Waals surface area (Å²) in [6, 6.07) is 1.41. The standard InChI is InChI=1S/C11H14Cl2N2O4/c1-14-8(5-7(12)10(14)13)11(18)15(3-4-19-2)6-9(16)17/h5H,3-4,6H2,1-2H3,(H,16,17). The average molecular weight is 309 g/mol. The predicted octanol–water partition coefficient (Wildman–Crippen LogP) is 1.51. The van der Waals surface area contributed by atoms with E-state index in [0.717, 1.165) is 4.90 Å². The minimum atomic E-state index is -1.10. The highest BCUT2D eigenvalue weighted by Gasteiger charge is 2.23. The van der Waals surface area contributed by atoms with Crippen LogP contribution in [0.2, 0.25) is 10.2 Å². The number of aliphatic carboxylic acids is 1. The van der Waals surface area contributed by atoms with E-state index >= 15 is 0 Å². The molecule has 0 unspecified atom stereocenters. The normalized spacial score (nSPS) is 10.5. The van der Waals surface area contributed by atoms with E-state index in [9.17, 15) is 9.59 Å². The van der Waals surface area contributed by atoms with Gasteiger partial charge in [0.15, 0.2) is 0 Å². The number of hydrogen-bond acceptors (Lipinski definition) is 3. The topological polar surface area (TPSA) is 71.8 Å². The SMILES string of the molecule is COCCN(CC(=O)O)C(=O)c1cc(Cl)c(Cl)n1C. The van der Waals surface area contributed by atoms with Crippen molar-refractivity contribution in [2.75, 3.05) is 26.8 Å². The van der Waals surface area contributed by atoms with E-state index < -0.39 is 18.4 Å². The van der Waals surface area contributed by atoms with Crippen molar-refractivity contribution in [1.82, 2.24) is 9.47 Å². The number of carboxylic acid groups (broad SMARTS) is 1. The first-order chi connectivity index (χ1) is 8.88. The molecule has 1 heterocycles. The van der Waals surface area contributed by atoms with E-state index in [1.807, 2.05) is 0 Å². The van der Waals surface area contributed by atoms with Gasteiger partial charge in [-0.3, -0.25) is 9.59 Å². The second kappa shape index (κ2) is 6.79. The van der Waals surface area contributed by atoms with Crippen molar-refractivity contribution < 1.29 is 19.4 Å². The van der Waals surface area contributed by atoms with Crippen molar-refractivity contribution in [2.45, 2.75) is 0 Å². The second-order valence-electron chi connectivity index (χ2n) is 3.84. The van der Waals surface area contributed by atoms with Crippen LogP contribution in [0.25, 0.3) is 0 Å². The molecule has 19 heavy (non-hydrogen) atoms. The Morgan fingerprint density at radius 3 is 2.53 bits per heavy atom. The van der Waals surface area contributed by atoms with Gasteiger partial charge in [-0.2, -0.15) is 0 Å². The van der Waals surface area contributed by atoms with Crippen LogP contribution in [-0.2, 0) is 16.6 Å². The maximum atomic E-state index is 12.2. The molecule has 0 bridgehead atoms. The van der Waals surface area contributed by atoms with Gasteiger partial charge >= 0.3 is 5.97 Å². The molecule has 0 aliphatic rings. The minimum Gasteiger partial charge on any atom is -0.480 e. The molecular weight excluding hydrogens is 295 g/mol. The van der Waals surface area contributed by atoms with Crippen molar-refractivity contribution in [3.63, 3.8) is 0 Å². The molecule has 0 radical (unpaired) electrons. The van der Waals surface area contributed by atoms with Crippen LogP contribution in [-0.4, -0.2) is 53.3 Å². The number of halogens is 2. The fourth-order valence-electron chi connectivity index (χ4n) is 1.53. The zero-order valence-electron chi connectivity index (χ0n) is 10.5. The van der Waals surface area contributed by atoms with E-state index in [2.05, 4.69) is 0 Å². The number of carbonyl (C=O) groups is 2. The molecule has 1 aromatic heterocycles. The van der Waals surface area contributed by atoms with Crippen LogP contribution >= 0.6 is 23.2 Å². The molecule has 106 valence electrons. The van der Waals surface area contributed by atoms with Crippen LogP contribution in [0.5, 0.6) is 0 Å². The fourth-order valence-corrected chi connectivity index (χ4v) is 1.90. The number of methoxy groups -OCH3 is 1. The van der Waals surface area contributed by atoms with Gasteiger partial charge in [0.25, 0.3) is 5.91 Å². The van der Waals surface area contributed by atoms with Crippen molar-refractivity contribution in [1.29, 1.82) is 0 Å². The maximum Gasteiger partial charge on any atom is 0.323 e. The van der Waals surface area contributed by atoms with Gasteiger partial charge in [-0.25, -0.2) is 0 Å². The Balaban J connectivity index is 2.97. The number of aromatic nitrogens is 1. The Labute approximate surface area is 120 Å². The third kappa shape index (κ3) is 3.86. The number of carboxylic acids is 1. The van der Waals surface area contributed by atoms with E-state index in [1.54, 1.807) is 7.05 Å². The smallest absolute Gasteiger partial charge is 0.323 e. The van der Waals surface area contributed by atoms with Crippen LogP contribution in [0.4, 0.5) is 0 Å². The van der Waals surface area contributed by atoms with Crippen LogP contribution < -0.4 is 0 Å². The van der Waals surface area contributed by atoms with E-state index in [1.165, 1.54) is 17.7 Å². The highest BCUT2D eigenvalue weighted by Crippen LogP contribution is 2.25. The zero-order valence-corrected chi connectivity index (χ0v) is 12.0. The Bertz CT molecular complexity index is 487. The largest absolute Gasteiger partial charge is 0.480 e. The molecule has 0 saturated carbocycles. The van der Waals surface area contributed by atoms with Crippen LogP contribution in [0, 0.1) is 0 Å². The number of nitrogens with zero attached hydrogens (tertiary/aromatic N) is 2. The van der Waals surface area contributed by atoms with Gasteiger partial charge in [0.05, 0.1) is 11.6 Å². The highest BCUT2D eigenvalue weighted by molar-refractivity contribution is 6.41. The molecule has 6 nitrogen and oxygen atoms in total. The first-order valence-corrected chi connectivity index (χ1v) is 6.14. The molecule has 1 N–H and O–H groups in total. The Morgan fingerprint density at radius 1 is 1.47 bits per heavy atom. The maximum absolute atomic E-state index is 12.2. The van der Waals surface area contributed by atoms with Gasteiger partial charge in [-0.05, 0) is 6.07 Å². The van der Waals surface area contributed by atoms with Crippen molar-refractivity contribution in [3.05, 3.63) is 21.9 Å². The average Bonchev–Trinajstić information content (AvgIpc) is 2.61. The lowest BCUT2D eigenvalue weighted by atomic mass is 10.3. The fraction of sp³-hybridized carbons (Fsp3) is 0.455. The summed E-state index contributed by atoms with van der Waals surface area (Å²) in [6.07, 6.45) is 0. The summed E-state index contributed by atoms with van der Waals surface area (Å²) >= 11 is 11.7. The van der Waals surface area contributed by atoms with Crippen LogP contribution in [0.3, 0.4) is 0 Å². The lowest BCUT2D eigenvalue weighted by molar-refractivity contribution is -0.137. The Morgan fingerprint density at radius 2 is 2.11 bits per heavy atom. The lowest BCUT2D eigenvalue weighted by Gasteiger charge is -2.20. The molecule has 1 aromatic rings. The van der Waals surface area contributed by atoms with E-state index in [4.69, 9.17) is 33.0 Å². The monoisotopic (exact) mass is 308 g/mol. The quantitative estimate of drug-likeness (QED) is 0.864. The van der Waals surface area contributed by atoms with E-state index in [0.29, 0.717) is 0 Å². The number of ether oxygens (including phenoxy) is 1. The second-order valence-corrected chi connectivity index (χ2v) is 4.61. The summed E-state index contributed by atoms with van der Waals surface area (Å²) in [6.45, 7) is -0.00439. The molecule has 0 fully saturated rings. The first kappa shape index (κ1) is 15.8. The van der Waals surface area contributed by atoms with Gasteiger partial charge in [0.2, 0.25) is 0 Å². The van der Waals surface area contributed by atoms with Crippen LogP contribution in [0.15, 0.2) is 6.07 Å². The van der Waals surface area contributed by atoms with Crippen molar-refractivity contribution in [3.8, 4) is 0 Å². The van der Waals surface area contributed by atoms with Gasteiger partial charge < -0.3 is 19.3 Å². The molecule has 1 amide bonds. The van der Waals surface area contributed by atoms with Gasteiger partial charge in [-0.1, -0.05) is 23.2 Å². The summed E-state index contributed by atoms with van der Waals surface area (Å²) < 4.78 is 6.26. The number of rotatable bonds is 6. The third-order valence-corrected chi connectivity index (χ3v) is 3.36. The van der Waals surface area contributed by atoms with Crippen LogP contribution in [0.1, 0.15) is 10.5 Å². The minimum absolute atomic E-state index is 0.169. The molecule has 1 rings (SSSR count). The molecule has 8 heteroatoms. The van der Waals surface area contributed by atoms with Gasteiger partial charge in [0.1, 0.15) is 17.4 Å². The molecule has 0 aromatic carbocycles. The lowest BCUT2D eigenvalue weighted by Crippen LogP contribution is -2.38. The zero-order chi connectivity index (χ0) is 14.6. The first-order valence-electron chi connectivity index (χ1n) is 5.39. The molecule has 0 spiro atoms. The summed E-state index contributed by atoms with van der Waals surface area (Å²) in [5.41, 5.74) is 0.229. The third-order valence-electron chi connectivity index (χ3n) is 2.51. The van der Waals surface area contributed by atoms with Crippen molar-refractivity contribution in [2.24, 2.45) is 7.05 Å². The summed E-state index contributed by atoms with van der Waals surface area (Å²) in [4.78, 5) is 24.2. The summed E-state index contributed by atoms with van der Waals surface area (Å²) in [5, 5.41) is 9.29. The molecule has 0 atom stereocenters. The Kier molecular flexibility index (Phi) is 5.65. The predicted molar refractivity (Wildman–Crippen MR) is 70.8 cm³/mol. The highest BCUT2D eigenvalue weighted by atomic mass is 35.5. The molecule has 0 aliphatic heterocycles. The van der Waals surface area contributed by atoms with Gasteiger partial charge in [0, 0.05) is 20.7 Å². The number of hydrogen-bond donors (Lipinski definition) is 1. The van der Waals surface area contributed by atoms with Crippen molar-refractivity contribution >= 4 is 35.1 Å². The number of carbonyl (C=O) groups excluding carboxylic acids is 1. The molecule has 0 saturated heterocycles. The van der Waals surface area contributed by atoms with E-state index in [-0.39, 0.29) is 29.0 Å². The molecular formula is C11H14Cl2N2O4. The summed E-state index contributed by atoms with van der Waals surface area (Å²) in [7, 11) is 3.05.